The van der Waals surface area contributed by atoms with Crippen molar-refractivity contribution in [3.8, 4) is 0 Å². The molecule has 0 aliphatic carbocycles. The number of hydrogen-bond acceptors (Lipinski definition) is 2. The quantitative estimate of drug-likeness (QED) is 0.885. The van der Waals surface area contributed by atoms with Gasteiger partial charge in [0.25, 0.3) is 5.91 Å². The van der Waals surface area contributed by atoms with E-state index in [-0.39, 0.29) is 11.7 Å². The molecule has 2 aromatic rings. The van der Waals surface area contributed by atoms with Crippen molar-refractivity contribution in [2.75, 3.05) is 17.7 Å². The molecule has 3 nitrogen and oxygen atoms in total. The Morgan fingerprint density at radius 2 is 1.74 bits per heavy atom. The lowest BCUT2D eigenvalue weighted by Gasteiger charge is -2.11. The summed E-state index contributed by atoms with van der Waals surface area (Å²) in [4.78, 5) is 12.2. The molecule has 0 spiro atoms. The van der Waals surface area contributed by atoms with Gasteiger partial charge in [-0.1, -0.05) is 18.2 Å². The van der Waals surface area contributed by atoms with E-state index in [1.807, 2.05) is 12.1 Å². The maximum Gasteiger partial charge on any atom is 0.257 e. The highest BCUT2D eigenvalue weighted by Gasteiger charge is 2.12. The average molecular weight is 258 g/mol. The molecule has 0 bridgehead atoms. The van der Waals surface area contributed by atoms with Crippen molar-refractivity contribution in [3.05, 3.63) is 59.4 Å². The molecule has 0 aromatic heterocycles. The average Bonchev–Trinajstić information content (AvgIpc) is 2.43. The number of nitrogens with one attached hydrogen (secondary N) is 2. The monoisotopic (exact) mass is 258 g/mol. The Morgan fingerprint density at radius 3 is 2.47 bits per heavy atom. The largest absolute Gasteiger partial charge is 0.387 e. The molecule has 0 unspecified atom stereocenters. The van der Waals surface area contributed by atoms with E-state index >= 15 is 0 Å². The van der Waals surface area contributed by atoms with Gasteiger partial charge in [-0.25, -0.2) is 4.39 Å². The Morgan fingerprint density at radius 1 is 1.05 bits per heavy atom. The van der Waals surface area contributed by atoms with Crippen LogP contribution in [0.25, 0.3) is 0 Å². The van der Waals surface area contributed by atoms with Crippen LogP contribution in [0.4, 0.5) is 15.8 Å². The van der Waals surface area contributed by atoms with Gasteiger partial charge in [-0.3, -0.25) is 4.79 Å². The van der Waals surface area contributed by atoms with Gasteiger partial charge in [-0.15, -0.1) is 0 Å². The predicted molar refractivity (Wildman–Crippen MR) is 75.1 cm³/mol. The Kier molecular flexibility index (Phi) is 3.80. The molecule has 2 rings (SSSR count). The summed E-state index contributed by atoms with van der Waals surface area (Å²) in [7, 11) is 1.75. The number of para-hydroxylation sites is 1. The molecule has 0 radical (unpaired) electrons. The highest BCUT2D eigenvalue weighted by molar-refractivity contribution is 6.08. The first-order valence-corrected chi connectivity index (χ1v) is 5.96. The molecule has 1 amide bonds. The third-order valence-electron chi connectivity index (χ3n) is 2.96. The van der Waals surface area contributed by atoms with Crippen molar-refractivity contribution >= 4 is 17.3 Å². The minimum atomic E-state index is -0.334. The zero-order valence-electron chi connectivity index (χ0n) is 10.8. The van der Waals surface area contributed by atoms with Gasteiger partial charge >= 0.3 is 0 Å². The van der Waals surface area contributed by atoms with E-state index in [1.54, 1.807) is 38.2 Å². The topological polar surface area (TPSA) is 41.1 Å². The fourth-order valence-corrected chi connectivity index (χ4v) is 1.83. The Bertz CT molecular complexity index is 611. The van der Waals surface area contributed by atoms with Crippen molar-refractivity contribution in [1.82, 2.24) is 0 Å². The number of carbonyl (C=O) groups is 1. The van der Waals surface area contributed by atoms with Gasteiger partial charge in [-0.05, 0) is 31.2 Å². The number of benzene rings is 2. The maximum atomic E-state index is 13.4. The maximum absolute atomic E-state index is 13.4. The van der Waals surface area contributed by atoms with Gasteiger partial charge < -0.3 is 10.6 Å². The van der Waals surface area contributed by atoms with Crippen molar-refractivity contribution in [1.29, 1.82) is 0 Å². The van der Waals surface area contributed by atoms with Gasteiger partial charge in [0.05, 0.1) is 5.56 Å². The van der Waals surface area contributed by atoms with Gasteiger partial charge in [0.1, 0.15) is 5.82 Å². The minimum absolute atomic E-state index is 0.265. The summed E-state index contributed by atoms with van der Waals surface area (Å²) in [5.41, 5.74) is 2.16. The molecule has 0 saturated carbocycles. The van der Waals surface area contributed by atoms with E-state index in [0.29, 0.717) is 16.8 Å². The van der Waals surface area contributed by atoms with E-state index in [1.165, 1.54) is 6.07 Å². The number of anilines is 2. The second kappa shape index (κ2) is 5.52. The number of rotatable bonds is 3. The second-order valence-electron chi connectivity index (χ2n) is 4.16. The summed E-state index contributed by atoms with van der Waals surface area (Å²) in [5.74, 6) is -0.599. The Labute approximate surface area is 111 Å². The van der Waals surface area contributed by atoms with Crippen LogP contribution in [0.15, 0.2) is 42.5 Å². The molecular weight excluding hydrogens is 243 g/mol. The smallest absolute Gasteiger partial charge is 0.257 e. The van der Waals surface area contributed by atoms with E-state index in [4.69, 9.17) is 0 Å². The van der Waals surface area contributed by atoms with Crippen LogP contribution < -0.4 is 10.6 Å². The van der Waals surface area contributed by atoms with Crippen molar-refractivity contribution < 1.29 is 9.18 Å². The summed E-state index contributed by atoms with van der Waals surface area (Å²) >= 11 is 0. The van der Waals surface area contributed by atoms with Crippen molar-refractivity contribution in [2.45, 2.75) is 6.92 Å². The van der Waals surface area contributed by atoms with Gasteiger partial charge in [0, 0.05) is 24.0 Å². The third-order valence-corrected chi connectivity index (χ3v) is 2.96. The number of carbonyl (C=O) groups excluding carboxylic acids is 1. The van der Waals surface area contributed by atoms with Gasteiger partial charge in [0.15, 0.2) is 0 Å². The molecule has 2 aromatic carbocycles. The minimum Gasteiger partial charge on any atom is -0.387 e. The van der Waals surface area contributed by atoms with Crippen LogP contribution in [0.2, 0.25) is 0 Å². The lowest BCUT2D eigenvalue weighted by atomic mass is 10.1. The van der Waals surface area contributed by atoms with E-state index in [2.05, 4.69) is 10.6 Å². The van der Waals surface area contributed by atoms with E-state index in [9.17, 15) is 9.18 Å². The molecular formula is C15H15FN2O. The highest BCUT2D eigenvalue weighted by atomic mass is 19.1. The number of hydrogen-bond donors (Lipinski definition) is 2. The zero-order chi connectivity index (χ0) is 13.8. The highest BCUT2D eigenvalue weighted by Crippen LogP contribution is 2.20. The van der Waals surface area contributed by atoms with Crippen LogP contribution in [0.5, 0.6) is 0 Å². The molecule has 0 aliphatic rings. The van der Waals surface area contributed by atoms with Crippen molar-refractivity contribution in [2.24, 2.45) is 0 Å². The predicted octanol–water partition coefficient (Wildman–Crippen LogP) is 3.43. The summed E-state index contributed by atoms with van der Waals surface area (Å²) in [6.45, 7) is 1.63. The van der Waals surface area contributed by atoms with Crippen LogP contribution in [-0.4, -0.2) is 13.0 Å². The molecule has 0 saturated heterocycles. The Hall–Kier alpha value is -2.36. The first kappa shape index (κ1) is 13.1. The molecule has 0 fully saturated rings. The van der Waals surface area contributed by atoms with Crippen LogP contribution in [0, 0.1) is 12.7 Å². The van der Waals surface area contributed by atoms with Crippen LogP contribution in [-0.2, 0) is 0 Å². The lowest BCUT2D eigenvalue weighted by Crippen LogP contribution is -2.14. The molecule has 19 heavy (non-hydrogen) atoms. The van der Waals surface area contributed by atoms with Gasteiger partial charge in [-0.2, -0.15) is 0 Å². The molecule has 0 heterocycles. The normalized spacial score (nSPS) is 10.1. The lowest BCUT2D eigenvalue weighted by molar-refractivity contribution is 0.102. The van der Waals surface area contributed by atoms with Gasteiger partial charge in [0.2, 0.25) is 0 Å². The molecule has 98 valence electrons. The molecule has 0 atom stereocenters. The fraction of sp³-hybridized carbons (Fsp3) is 0.133. The zero-order valence-corrected chi connectivity index (χ0v) is 10.8. The fourth-order valence-electron chi connectivity index (χ4n) is 1.83. The standard InChI is InChI=1S/C15H15FN2O/c1-10-12(16)7-5-9-13(10)18-15(19)11-6-3-4-8-14(11)17-2/h3-9,17H,1-2H3,(H,18,19). The van der Waals surface area contributed by atoms with Crippen molar-refractivity contribution in [3.63, 3.8) is 0 Å². The molecule has 4 heteroatoms. The van der Waals surface area contributed by atoms with Crippen LogP contribution >= 0.6 is 0 Å². The SMILES string of the molecule is CNc1ccccc1C(=O)Nc1cccc(F)c1C. The first-order valence-electron chi connectivity index (χ1n) is 5.96. The molecule has 0 aliphatic heterocycles. The van der Waals surface area contributed by atoms with E-state index < -0.39 is 0 Å². The van der Waals surface area contributed by atoms with Crippen LogP contribution in [0.1, 0.15) is 15.9 Å². The third kappa shape index (κ3) is 2.73. The summed E-state index contributed by atoms with van der Waals surface area (Å²) in [6, 6.07) is 11.8. The Balaban J connectivity index is 2.28. The summed E-state index contributed by atoms with van der Waals surface area (Å²) in [5, 5.41) is 5.68. The van der Waals surface area contributed by atoms with Crippen LogP contribution in [0.3, 0.4) is 0 Å². The van der Waals surface area contributed by atoms with E-state index in [0.717, 1.165) is 5.69 Å². The number of halogens is 1. The summed E-state index contributed by atoms with van der Waals surface area (Å²) in [6.07, 6.45) is 0. The summed E-state index contributed by atoms with van der Waals surface area (Å²) < 4.78 is 13.4. The first-order chi connectivity index (χ1) is 9.13. The second-order valence-corrected chi connectivity index (χ2v) is 4.16. The molecule has 2 N–H and O–H groups in total. The number of amides is 1.